The summed E-state index contributed by atoms with van der Waals surface area (Å²) in [6, 6.07) is 3.88. The van der Waals surface area contributed by atoms with E-state index < -0.39 is 0 Å². The zero-order chi connectivity index (χ0) is 17.0. The molecule has 24 heavy (non-hydrogen) atoms. The summed E-state index contributed by atoms with van der Waals surface area (Å²) in [5.74, 6) is 0.0130. The number of hydrogen-bond acceptors (Lipinski definition) is 5. The number of nitrogens with zero attached hydrogens (tertiary/aromatic N) is 5. The molecule has 4 rings (SSSR count). The third kappa shape index (κ3) is 3.24. The number of rotatable bonds is 1. The first-order chi connectivity index (χ1) is 11.6. The summed E-state index contributed by atoms with van der Waals surface area (Å²) in [6.45, 7) is 2.94. The first-order valence-electron chi connectivity index (χ1n) is 8.24. The molecule has 0 aromatic carbocycles. The average Bonchev–Trinajstić information content (AvgIpc) is 3.03. The van der Waals surface area contributed by atoms with Crippen molar-refractivity contribution in [3.05, 3.63) is 24.8 Å². The van der Waals surface area contributed by atoms with Crippen LogP contribution in [-0.2, 0) is 4.79 Å². The second-order valence-electron chi connectivity index (χ2n) is 6.50. The quantitative estimate of drug-likeness (QED) is 0.859. The van der Waals surface area contributed by atoms with Crippen LogP contribution < -0.4 is 0 Å². The molecule has 4 heterocycles. The Morgan fingerprint density at radius 3 is 3.00 bits per heavy atom. The van der Waals surface area contributed by atoms with Crippen LogP contribution in [0.5, 0.6) is 0 Å². The molecule has 126 valence electrons. The van der Waals surface area contributed by atoms with E-state index in [4.69, 9.17) is 5.26 Å². The molecule has 1 unspecified atom stereocenters. The molecule has 0 saturated carbocycles. The number of H-pyrrole nitrogens is 1. The summed E-state index contributed by atoms with van der Waals surface area (Å²) in [6.07, 6.45) is 8.55. The Labute approximate surface area is 141 Å². The number of likely N-dealkylation sites (tertiary alicyclic amines) is 2. The Bertz CT molecular complexity index is 721. The van der Waals surface area contributed by atoms with E-state index in [2.05, 4.69) is 26.9 Å². The minimum absolute atomic E-state index is 0.0130. The predicted octanol–water partition coefficient (Wildman–Crippen LogP) is 1.55. The van der Waals surface area contributed by atoms with Crippen molar-refractivity contribution in [1.29, 1.82) is 5.26 Å². The molecule has 2 fully saturated rings. The maximum absolute atomic E-state index is 11.7. The van der Waals surface area contributed by atoms with Crippen LogP contribution in [0.2, 0.25) is 0 Å². The lowest BCUT2D eigenvalue weighted by molar-refractivity contribution is -0.151. The Hall–Kier alpha value is -2.46. The van der Waals surface area contributed by atoms with Crippen molar-refractivity contribution in [3.8, 4) is 6.07 Å². The number of likely N-dealkylation sites (N-methyl/N-ethyl adjacent to an activating group) is 1. The van der Waals surface area contributed by atoms with Crippen LogP contribution in [0.4, 0.5) is 0 Å². The monoisotopic (exact) mass is 326 g/mol. The summed E-state index contributed by atoms with van der Waals surface area (Å²) in [7, 11) is 2.10. The minimum atomic E-state index is 0.0130. The van der Waals surface area contributed by atoms with E-state index in [0.717, 1.165) is 49.9 Å². The van der Waals surface area contributed by atoms with Crippen LogP contribution in [0.1, 0.15) is 25.7 Å². The van der Waals surface area contributed by atoms with Crippen LogP contribution in [-0.4, -0.2) is 62.9 Å². The number of carbonyl (C=O) groups is 1. The van der Waals surface area contributed by atoms with E-state index in [1.54, 1.807) is 6.20 Å². The first kappa shape index (κ1) is 16.4. The molecule has 2 aromatic heterocycles. The van der Waals surface area contributed by atoms with Gasteiger partial charge in [-0.05, 0) is 38.9 Å². The fraction of sp³-hybridized carbons (Fsp3) is 0.529. The molecule has 1 spiro atoms. The zero-order valence-electron chi connectivity index (χ0n) is 13.9. The van der Waals surface area contributed by atoms with Crippen molar-refractivity contribution in [3.63, 3.8) is 0 Å². The zero-order valence-corrected chi connectivity index (χ0v) is 13.9. The molecule has 1 atom stereocenters. The number of nitriles is 1. The van der Waals surface area contributed by atoms with Gasteiger partial charge in [0, 0.05) is 30.9 Å². The number of carbonyl (C=O) groups excluding carboxylic acids is 1. The number of aromatic amines is 1. The predicted molar refractivity (Wildman–Crippen MR) is 89.9 cm³/mol. The van der Waals surface area contributed by atoms with Crippen molar-refractivity contribution in [1.82, 2.24) is 24.8 Å². The average molecular weight is 326 g/mol. The van der Waals surface area contributed by atoms with Crippen molar-refractivity contribution in [2.75, 3.05) is 26.7 Å². The Kier molecular flexibility index (Phi) is 4.76. The van der Waals surface area contributed by atoms with E-state index in [9.17, 15) is 4.79 Å². The fourth-order valence-electron chi connectivity index (χ4n) is 3.65. The van der Waals surface area contributed by atoms with Crippen LogP contribution in [0, 0.1) is 11.3 Å². The van der Waals surface area contributed by atoms with E-state index in [1.165, 1.54) is 6.33 Å². The molecule has 1 amide bonds. The van der Waals surface area contributed by atoms with Gasteiger partial charge in [-0.1, -0.05) is 0 Å². The summed E-state index contributed by atoms with van der Waals surface area (Å²) in [5, 5.41) is 9.59. The summed E-state index contributed by atoms with van der Waals surface area (Å²) in [4.78, 5) is 26.7. The number of fused-ring (bicyclic) bond motifs is 1. The van der Waals surface area contributed by atoms with Crippen LogP contribution >= 0.6 is 0 Å². The van der Waals surface area contributed by atoms with Gasteiger partial charge in [0.1, 0.15) is 18.4 Å². The second kappa shape index (κ2) is 6.97. The molecule has 2 aliphatic heterocycles. The van der Waals surface area contributed by atoms with Crippen molar-refractivity contribution in [2.24, 2.45) is 0 Å². The highest BCUT2D eigenvalue weighted by Gasteiger charge is 2.48. The largest absolute Gasteiger partial charge is 0.346 e. The number of amides is 1. The summed E-state index contributed by atoms with van der Waals surface area (Å²) < 4.78 is 0. The lowest BCUT2D eigenvalue weighted by Gasteiger charge is -2.56. The van der Waals surface area contributed by atoms with Gasteiger partial charge in [0.15, 0.2) is 0 Å². The maximum Gasteiger partial charge on any atom is 0.237 e. The summed E-state index contributed by atoms with van der Waals surface area (Å²) in [5.41, 5.74) is 0.964. The molecule has 2 aromatic rings. The van der Waals surface area contributed by atoms with E-state index in [-0.39, 0.29) is 17.9 Å². The Balaban J connectivity index is 0.000000159. The third-order valence-electron chi connectivity index (χ3n) is 4.87. The highest BCUT2D eigenvalue weighted by molar-refractivity contribution is 5.80. The number of piperidine rings is 1. The standard InChI is InChI=1S/C11H17N3O.C6H5N3/c1-13-7-2-4-11(9-13)5-8-14(11)10(15)3-6-12;1-2-8-6-5(1)3-7-4-9-6/h2-5,7-9H2,1H3;1-4H,(H,7,8,9). The van der Waals surface area contributed by atoms with Crippen molar-refractivity contribution < 1.29 is 4.79 Å². The van der Waals surface area contributed by atoms with E-state index in [1.807, 2.05) is 23.2 Å². The molecule has 7 nitrogen and oxygen atoms in total. The molecule has 2 saturated heterocycles. The number of hydrogen-bond donors (Lipinski definition) is 1. The van der Waals surface area contributed by atoms with Gasteiger partial charge >= 0.3 is 0 Å². The van der Waals surface area contributed by atoms with E-state index in [0.29, 0.717) is 0 Å². The van der Waals surface area contributed by atoms with Crippen molar-refractivity contribution >= 4 is 16.9 Å². The number of nitrogens with one attached hydrogen (secondary N) is 1. The highest BCUT2D eigenvalue weighted by atomic mass is 16.2. The normalized spacial score (nSPS) is 23.2. The SMILES string of the molecule is CN1CCCC2(CCN2C(=O)CC#N)C1.c1ncc2cc[nH]c2n1. The molecule has 0 aliphatic carbocycles. The lowest BCUT2D eigenvalue weighted by atomic mass is 9.77. The second-order valence-corrected chi connectivity index (χ2v) is 6.50. The molecule has 2 aliphatic rings. The smallest absolute Gasteiger partial charge is 0.237 e. The van der Waals surface area contributed by atoms with Gasteiger partial charge in [0.2, 0.25) is 5.91 Å². The number of aromatic nitrogens is 3. The van der Waals surface area contributed by atoms with E-state index >= 15 is 0 Å². The topological polar surface area (TPSA) is 88.9 Å². The third-order valence-corrected chi connectivity index (χ3v) is 4.87. The maximum atomic E-state index is 11.7. The highest BCUT2D eigenvalue weighted by Crippen LogP contribution is 2.38. The Morgan fingerprint density at radius 1 is 1.46 bits per heavy atom. The molecular weight excluding hydrogens is 304 g/mol. The van der Waals surface area contributed by atoms with Crippen LogP contribution in [0.25, 0.3) is 11.0 Å². The van der Waals surface area contributed by atoms with Gasteiger partial charge in [0.05, 0.1) is 11.6 Å². The molecule has 1 N–H and O–H groups in total. The molecule has 0 radical (unpaired) electrons. The van der Waals surface area contributed by atoms with Gasteiger partial charge < -0.3 is 14.8 Å². The fourth-order valence-corrected chi connectivity index (χ4v) is 3.65. The van der Waals surface area contributed by atoms with Crippen LogP contribution in [0.3, 0.4) is 0 Å². The molecule has 0 bridgehead atoms. The van der Waals surface area contributed by atoms with Gasteiger partial charge in [-0.3, -0.25) is 4.79 Å². The Morgan fingerprint density at radius 2 is 2.33 bits per heavy atom. The van der Waals surface area contributed by atoms with Gasteiger partial charge in [-0.2, -0.15) is 5.26 Å². The van der Waals surface area contributed by atoms with Crippen molar-refractivity contribution in [2.45, 2.75) is 31.2 Å². The van der Waals surface area contributed by atoms with Gasteiger partial charge in [-0.15, -0.1) is 0 Å². The van der Waals surface area contributed by atoms with Gasteiger partial charge in [0.25, 0.3) is 0 Å². The van der Waals surface area contributed by atoms with Gasteiger partial charge in [-0.25, -0.2) is 9.97 Å². The molecular formula is C17H22N6O. The molecule has 7 heteroatoms. The minimum Gasteiger partial charge on any atom is -0.346 e. The lowest BCUT2D eigenvalue weighted by Crippen LogP contribution is -2.68. The van der Waals surface area contributed by atoms with Crippen LogP contribution in [0.15, 0.2) is 24.8 Å². The first-order valence-corrected chi connectivity index (χ1v) is 8.24. The summed E-state index contributed by atoms with van der Waals surface area (Å²) >= 11 is 0.